The zero-order valence-corrected chi connectivity index (χ0v) is 10.1. The van der Waals surface area contributed by atoms with Crippen LogP contribution in [0.5, 0.6) is 0 Å². The van der Waals surface area contributed by atoms with Crippen LogP contribution in [0.3, 0.4) is 0 Å². The molecule has 6 heteroatoms. The lowest BCUT2D eigenvalue weighted by Gasteiger charge is -2.10. The predicted molar refractivity (Wildman–Crippen MR) is 61.8 cm³/mol. The first-order chi connectivity index (χ1) is 8.02. The fourth-order valence-electron chi connectivity index (χ4n) is 1.10. The van der Waals surface area contributed by atoms with Crippen molar-refractivity contribution in [1.29, 1.82) is 0 Å². The van der Waals surface area contributed by atoms with E-state index in [-0.39, 0.29) is 29.2 Å². The summed E-state index contributed by atoms with van der Waals surface area (Å²) >= 11 is 0.981. The van der Waals surface area contributed by atoms with Crippen LogP contribution in [0.15, 0.2) is 23.1 Å². The second-order valence-corrected chi connectivity index (χ2v) is 4.53. The number of carbonyl (C=O) groups is 1. The van der Waals surface area contributed by atoms with E-state index in [4.69, 9.17) is 5.11 Å². The predicted octanol–water partition coefficient (Wildman–Crippen LogP) is 1.55. The lowest BCUT2D eigenvalue weighted by Crippen LogP contribution is -2.36. The van der Waals surface area contributed by atoms with Gasteiger partial charge in [-0.2, -0.15) is 0 Å². The van der Waals surface area contributed by atoms with Crippen molar-refractivity contribution in [3.8, 4) is 0 Å². The topological polar surface area (TPSA) is 49.3 Å². The molecule has 0 aliphatic rings. The van der Waals surface area contributed by atoms with E-state index in [0.717, 1.165) is 23.9 Å². The molecule has 1 unspecified atom stereocenters. The Hall–Kier alpha value is -1.14. The highest BCUT2D eigenvalue weighted by Crippen LogP contribution is 2.21. The number of rotatable bonds is 5. The molecule has 0 spiro atoms. The maximum Gasteiger partial charge on any atom is 0.230 e. The van der Waals surface area contributed by atoms with Gasteiger partial charge in [-0.1, -0.05) is 0 Å². The van der Waals surface area contributed by atoms with Crippen LogP contribution in [-0.2, 0) is 4.79 Å². The third-order valence-electron chi connectivity index (χ3n) is 1.93. The first-order valence-corrected chi connectivity index (χ1v) is 5.99. The van der Waals surface area contributed by atoms with Gasteiger partial charge in [0.15, 0.2) is 0 Å². The zero-order chi connectivity index (χ0) is 12.8. The molecule has 2 N–H and O–H groups in total. The molecule has 0 saturated carbocycles. The first-order valence-electron chi connectivity index (χ1n) is 5.01. The first kappa shape index (κ1) is 13.9. The maximum absolute atomic E-state index is 13.2. The van der Waals surface area contributed by atoms with Crippen LogP contribution in [0.1, 0.15) is 6.92 Å². The van der Waals surface area contributed by atoms with Crippen LogP contribution in [0, 0.1) is 11.6 Å². The number of carbonyl (C=O) groups excluding carboxylic acids is 1. The highest BCUT2D eigenvalue weighted by Gasteiger charge is 2.09. The Morgan fingerprint density at radius 2 is 2.24 bits per heavy atom. The second-order valence-electron chi connectivity index (χ2n) is 3.51. The molecular weight excluding hydrogens is 248 g/mol. The Kier molecular flexibility index (Phi) is 5.37. The average Bonchev–Trinajstić information content (AvgIpc) is 2.27. The number of hydrogen-bond donors (Lipinski definition) is 2. The number of thioether (sulfide) groups is 1. The Balaban J connectivity index is 2.47. The minimum absolute atomic E-state index is 0.0207. The molecule has 0 aliphatic carbocycles. The summed E-state index contributed by atoms with van der Waals surface area (Å²) < 4.78 is 25.8. The van der Waals surface area contributed by atoms with E-state index in [1.807, 2.05) is 0 Å². The molecule has 94 valence electrons. The largest absolute Gasteiger partial charge is 0.394 e. The van der Waals surface area contributed by atoms with Gasteiger partial charge in [0.2, 0.25) is 5.91 Å². The second kappa shape index (κ2) is 6.56. The highest BCUT2D eigenvalue weighted by molar-refractivity contribution is 8.00. The molecule has 1 atom stereocenters. The standard InChI is InChI=1S/C11H13F2NO2S/c1-7(5-15)14-11(16)6-17-10-3-2-8(12)4-9(10)13/h2-4,7,15H,5-6H2,1H3,(H,14,16). The monoisotopic (exact) mass is 261 g/mol. The van der Waals surface area contributed by atoms with Crippen LogP contribution < -0.4 is 5.32 Å². The smallest absolute Gasteiger partial charge is 0.230 e. The summed E-state index contributed by atoms with van der Waals surface area (Å²) in [4.78, 5) is 11.5. The highest BCUT2D eigenvalue weighted by atomic mass is 32.2. The average molecular weight is 261 g/mol. The van der Waals surface area contributed by atoms with Gasteiger partial charge < -0.3 is 10.4 Å². The molecule has 1 aromatic carbocycles. The number of benzene rings is 1. The molecule has 1 rings (SSSR count). The number of aliphatic hydroxyl groups is 1. The summed E-state index contributed by atoms with van der Waals surface area (Å²) in [5, 5.41) is 11.2. The normalized spacial score (nSPS) is 12.2. The van der Waals surface area contributed by atoms with Gasteiger partial charge in [-0.05, 0) is 19.1 Å². The molecule has 0 bridgehead atoms. The summed E-state index contributed by atoms with van der Waals surface area (Å²) in [5.74, 6) is -1.61. The molecule has 0 radical (unpaired) electrons. The third-order valence-corrected chi connectivity index (χ3v) is 2.98. The third kappa shape index (κ3) is 4.70. The van der Waals surface area contributed by atoms with E-state index in [9.17, 15) is 13.6 Å². The molecule has 1 amide bonds. The molecule has 0 saturated heterocycles. The van der Waals surface area contributed by atoms with Crippen molar-refractivity contribution in [2.24, 2.45) is 0 Å². The molecule has 0 heterocycles. The van der Waals surface area contributed by atoms with Crippen LogP contribution in [-0.4, -0.2) is 29.4 Å². The zero-order valence-electron chi connectivity index (χ0n) is 9.24. The van der Waals surface area contributed by atoms with E-state index >= 15 is 0 Å². The van der Waals surface area contributed by atoms with Crippen LogP contribution in [0.25, 0.3) is 0 Å². The van der Waals surface area contributed by atoms with Crippen LogP contribution in [0.2, 0.25) is 0 Å². The minimum Gasteiger partial charge on any atom is -0.394 e. The number of amides is 1. The number of nitrogens with one attached hydrogen (secondary N) is 1. The van der Waals surface area contributed by atoms with Gasteiger partial charge in [0.05, 0.1) is 12.4 Å². The fourth-order valence-corrected chi connectivity index (χ4v) is 1.83. The van der Waals surface area contributed by atoms with Crippen LogP contribution >= 0.6 is 11.8 Å². The van der Waals surface area contributed by atoms with Gasteiger partial charge >= 0.3 is 0 Å². The number of halogens is 2. The van der Waals surface area contributed by atoms with E-state index in [0.29, 0.717) is 0 Å². The van der Waals surface area contributed by atoms with Gasteiger partial charge in [0.25, 0.3) is 0 Å². The summed E-state index contributed by atoms with van der Waals surface area (Å²) in [6, 6.07) is 2.87. The molecule has 1 aromatic rings. The van der Waals surface area contributed by atoms with E-state index in [2.05, 4.69) is 5.32 Å². The summed E-state index contributed by atoms with van der Waals surface area (Å²) in [6.45, 7) is 1.50. The van der Waals surface area contributed by atoms with E-state index in [1.54, 1.807) is 6.92 Å². The lowest BCUT2D eigenvalue weighted by molar-refractivity contribution is -0.119. The van der Waals surface area contributed by atoms with Crippen molar-refractivity contribution in [2.45, 2.75) is 17.9 Å². The van der Waals surface area contributed by atoms with Crippen molar-refractivity contribution in [3.63, 3.8) is 0 Å². The van der Waals surface area contributed by atoms with E-state index in [1.165, 1.54) is 6.07 Å². The van der Waals surface area contributed by atoms with Crippen molar-refractivity contribution >= 4 is 17.7 Å². The Morgan fingerprint density at radius 1 is 1.53 bits per heavy atom. The summed E-state index contributed by atoms with van der Waals surface area (Å²) in [7, 11) is 0. The Morgan fingerprint density at radius 3 is 2.82 bits per heavy atom. The lowest BCUT2D eigenvalue weighted by atomic mass is 10.3. The summed E-state index contributed by atoms with van der Waals surface area (Å²) in [6.07, 6.45) is 0. The quantitative estimate of drug-likeness (QED) is 0.791. The maximum atomic E-state index is 13.2. The molecule has 0 aromatic heterocycles. The molecule has 0 aliphatic heterocycles. The van der Waals surface area contributed by atoms with Crippen molar-refractivity contribution < 1.29 is 18.7 Å². The fraction of sp³-hybridized carbons (Fsp3) is 0.364. The number of aliphatic hydroxyl groups excluding tert-OH is 1. The molecule has 0 fully saturated rings. The van der Waals surface area contributed by atoms with Crippen molar-refractivity contribution in [1.82, 2.24) is 5.32 Å². The Labute approximate surface area is 102 Å². The SMILES string of the molecule is CC(CO)NC(=O)CSc1ccc(F)cc1F. The van der Waals surface area contributed by atoms with Gasteiger partial charge in [-0.15, -0.1) is 11.8 Å². The van der Waals surface area contributed by atoms with E-state index < -0.39 is 11.6 Å². The van der Waals surface area contributed by atoms with Crippen molar-refractivity contribution in [3.05, 3.63) is 29.8 Å². The van der Waals surface area contributed by atoms with Crippen molar-refractivity contribution in [2.75, 3.05) is 12.4 Å². The molecule has 3 nitrogen and oxygen atoms in total. The van der Waals surface area contributed by atoms with Gasteiger partial charge in [-0.25, -0.2) is 8.78 Å². The Bertz CT molecular complexity index is 401. The minimum atomic E-state index is -0.682. The van der Waals surface area contributed by atoms with Gasteiger partial charge in [0, 0.05) is 17.0 Å². The van der Waals surface area contributed by atoms with Crippen LogP contribution in [0.4, 0.5) is 8.78 Å². The van der Waals surface area contributed by atoms with Gasteiger partial charge in [0.1, 0.15) is 11.6 Å². The molecular formula is C11H13F2NO2S. The van der Waals surface area contributed by atoms with Gasteiger partial charge in [-0.3, -0.25) is 4.79 Å². The summed E-state index contributed by atoms with van der Waals surface area (Å²) in [5.41, 5.74) is 0. The number of hydrogen-bond acceptors (Lipinski definition) is 3. The molecule has 17 heavy (non-hydrogen) atoms.